The number of alkyl halides is 1. The Bertz CT molecular complexity index is 165. The fourth-order valence-corrected chi connectivity index (χ4v) is 0.703. The van der Waals surface area contributed by atoms with Gasteiger partial charge in [-0.15, -0.1) is 0 Å². The molecule has 11 heavy (non-hydrogen) atoms. The van der Waals surface area contributed by atoms with E-state index >= 15 is 0 Å². The molecule has 0 aromatic heterocycles. The number of esters is 1. The van der Waals surface area contributed by atoms with E-state index in [0.29, 0.717) is 0 Å². The highest BCUT2D eigenvalue weighted by molar-refractivity contribution is 9.10. The van der Waals surface area contributed by atoms with Crippen molar-refractivity contribution in [2.75, 3.05) is 7.11 Å². The van der Waals surface area contributed by atoms with Crippen LogP contribution in [0.25, 0.3) is 0 Å². The molecule has 0 aliphatic carbocycles. The van der Waals surface area contributed by atoms with Crippen LogP contribution in [0.3, 0.4) is 0 Å². The van der Waals surface area contributed by atoms with Crippen LogP contribution in [0.4, 0.5) is 0 Å². The number of Topliss-reactive ketones (excluding diaryl/α,β-unsaturated/α-hetero) is 1. The Hall–Kier alpha value is -0.380. The van der Waals surface area contributed by atoms with Gasteiger partial charge in [0, 0.05) is 0 Å². The predicted molar refractivity (Wildman–Crippen MR) is 44.6 cm³/mol. The minimum atomic E-state index is -0.791. The average molecular weight is 223 g/mol. The van der Waals surface area contributed by atoms with E-state index in [0.717, 1.165) is 0 Å². The smallest absolute Gasteiger partial charge is 0.375 e. The molecule has 0 saturated carbocycles. The Kier molecular flexibility index (Phi) is 4.33. The zero-order valence-corrected chi connectivity index (χ0v) is 8.34. The van der Waals surface area contributed by atoms with Gasteiger partial charge in [0.15, 0.2) is 0 Å². The summed E-state index contributed by atoms with van der Waals surface area (Å²) in [5.41, 5.74) is 0. The summed E-state index contributed by atoms with van der Waals surface area (Å²) in [6.07, 6.45) is 0. The van der Waals surface area contributed by atoms with Gasteiger partial charge in [-0.05, 0) is 5.92 Å². The van der Waals surface area contributed by atoms with E-state index in [1.807, 2.05) is 13.8 Å². The van der Waals surface area contributed by atoms with E-state index in [9.17, 15) is 9.59 Å². The van der Waals surface area contributed by atoms with Crippen LogP contribution in [0.2, 0.25) is 0 Å². The number of hydrogen-bond acceptors (Lipinski definition) is 3. The molecule has 0 unspecified atom stereocenters. The second-order valence-corrected chi connectivity index (χ2v) is 3.49. The van der Waals surface area contributed by atoms with E-state index < -0.39 is 16.6 Å². The molecule has 0 fully saturated rings. The van der Waals surface area contributed by atoms with Crippen molar-refractivity contribution >= 4 is 27.7 Å². The van der Waals surface area contributed by atoms with Crippen molar-refractivity contribution in [3.63, 3.8) is 0 Å². The van der Waals surface area contributed by atoms with Crippen LogP contribution < -0.4 is 0 Å². The van der Waals surface area contributed by atoms with Crippen LogP contribution >= 0.6 is 15.9 Å². The molecule has 0 spiro atoms. The van der Waals surface area contributed by atoms with Gasteiger partial charge in [0.05, 0.1) is 11.9 Å². The highest BCUT2D eigenvalue weighted by Gasteiger charge is 2.25. The van der Waals surface area contributed by atoms with E-state index in [2.05, 4.69) is 20.7 Å². The monoisotopic (exact) mass is 222 g/mol. The molecule has 4 heteroatoms. The normalized spacial score (nSPS) is 12.8. The number of hydrogen-bond donors (Lipinski definition) is 0. The summed E-state index contributed by atoms with van der Waals surface area (Å²) < 4.78 is 4.26. The van der Waals surface area contributed by atoms with Crippen LogP contribution in [-0.4, -0.2) is 23.7 Å². The van der Waals surface area contributed by atoms with E-state index in [-0.39, 0.29) is 5.92 Å². The van der Waals surface area contributed by atoms with Crippen molar-refractivity contribution in [1.82, 2.24) is 0 Å². The first-order valence-corrected chi connectivity index (χ1v) is 4.18. The SMILES string of the molecule is COC(=O)C(=O)[C@H](Br)C(C)C. The molecule has 0 bridgehead atoms. The predicted octanol–water partition coefficient (Wildman–Crippen LogP) is 1.15. The minimum Gasteiger partial charge on any atom is -0.463 e. The Morgan fingerprint density at radius 3 is 2.09 bits per heavy atom. The first-order valence-electron chi connectivity index (χ1n) is 3.27. The molecule has 0 N–H and O–H groups in total. The molecule has 3 nitrogen and oxygen atoms in total. The number of ketones is 1. The number of carbonyl (C=O) groups excluding carboxylic acids is 2. The summed E-state index contributed by atoms with van der Waals surface area (Å²) in [4.78, 5) is 21.2. The molecular weight excluding hydrogens is 212 g/mol. The number of halogens is 1. The Balaban J connectivity index is 4.14. The number of carbonyl (C=O) groups is 2. The molecule has 0 aliphatic rings. The summed E-state index contributed by atoms with van der Waals surface area (Å²) in [6, 6.07) is 0. The lowest BCUT2D eigenvalue weighted by molar-refractivity contribution is -0.151. The lowest BCUT2D eigenvalue weighted by atomic mass is 10.1. The molecular formula is C7H11BrO3. The van der Waals surface area contributed by atoms with E-state index in [1.54, 1.807) is 0 Å². The Morgan fingerprint density at radius 2 is 1.82 bits per heavy atom. The van der Waals surface area contributed by atoms with Crippen LogP contribution in [0.5, 0.6) is 0 Å². The zero-order chi connectivity index (χ0) is 9.02. The van der Waals surface area contributed by atoms with Gasteiger partial charge in [-0.2, -0.15) is 0 Å². The molecule has 0 saturated heterocycles. The van der Waals surface area contributed by atoms with Crippen molar-refractivity contribution in [3.05, 3.63) is 0 Å². The van der Waals surface area contributed by atoms with Gasteiger partial charge in [0.25, 0.3) is 5.78 Å². The Labute approximate surface area is 74.2 Å². The Morgan fingerprint density at radius 1 is 1.36 bits per heavy atom. The minimum absolute atomic E-state index is 0.0987. The first-order chi connectivity index (χ1) is 5.00. The summed E-state index contributed by atoms with van der Waals surface area (Å²) in [5.74, 6) is -1.22. The van der Waals surface area contributed by atoms with Gasteiger partial charge in [-0.1, -0.05) is 29.8 Å². The average Bonchev–Trinajstić information content (AvgIpc) is 2.00. The van der Waals surface area contributed by atoms with Crippen molar-refractivity contribution in [3.8, 4) is 0 Å². The van der Waals surface area contributed by atoms with Crippen LogP contribution in [0.15, 0.2) is 0 Å². The van der Waals surface area contributed by atoms with E-state index in [4.69, 9.17) is 0 Å². The maximum atomic E-state index is 11.0. The third kappa shape index (κ3) is 3.01. The molecule has 0 radical (unpaired) electrons. The largest absolute Gasteiger partial charge is 0.463 e. The highest BCUT2D eigenvalue weighted by atomic mass is 79.9. The maximum Gasteiger partial charge on any atom is 0.375 e. The second kappa shape index (κ2) is 4.49. The molecule has 0 aliphatic heterocycles. The van der Waals surface area contributed by atoms with Gasteiger partial charge < -0.3 is 4.74 Å². The van der Waals surface area contributed by atoms with Gasteiger partial charge in [0.2, 0.25) is 0 Å². The van der Waals surface area contributed by atoms with Gasteiger partial charge in [0.1, 0.15) is 0 Å². The van der Waals surface area contributed by atoms with Gasteiger partial charge in [-0.3, -0.25) is 4.79 Å². The molecule has 0 rings (SSSR count). The van der Waals surface area contributed by atoms with Crippen LogP contribution in [-0.2, 0) is 14.3 Å². The summed E-state index contributed by atoms with van der Waals surface area (Å²) >= 11 is 3.10. The maximum absolute atomic E-state index is 11.0. The van der Waals surface area contributed by atoms with Gasteiger partial charge >= 0.3 is 5.97 Å². The lowest BCUT2D eigenvalue weighted by Crippen LogP contribution is -2.28. The zero-order valence-electron chi connectivity index (χ0n) is 6.76. The van der Waals surface area contributed by atoms with Crippen molar-refractivity contribution in [1.29, 1.82) is 0 Å². The molecule has 1 atom stereocenters. The number of ether oxygens (including phenoxy) is 1. The second-order valence-electron chi connectivity index (χ2n) is 2.50. The molecule has 0 amide bonds. The fraction of sp³-hybridized carbons (Fsp3) is 0.714. The molecule has 0 heterocycles. The summed E-state index contributed by atoms with van der Waals surface area (Å²) in [6.45, 7) is 3.69. The standard InChI is InChI=1S/C7H11BrO3/c1-4(2)5(8)6(9)7(10)11-3/h4-5H,1-3H3/t5-/m1/s1. The van der Waals surface area contributed by atoms with Crippen LogP contribution in [0, 0.1) is 5.92 Å². The number of rotatable bonds is 3. The topological polar surface area (TPSA) is 43.4 Å². The van der Waals surface area contributed by atoms with Crippen molar-refractivity contribution in [2.24, 2.45) is 5.92 Å². The molecule has 0 aromatic carbocycles. The number of methoxy groups -OCH3 is 1. The lowest BCUT2D eigenvalue weighted by Gasteiger charge is -2.09. The molecule has 64 valence electrons. The highest BCUT2D eigenvalue weighted by Crippen LogP contribution is 2.13. The van der Waals surface area contributed by atoms with Crippen LogP contribution in [0.1, 0.15) is 13.8 Å². The summed E-state index contributed by atoms with van der Waals surface area (Å²) in [5, 5.41) is 0. The third-order valence-electron chi connectivity index (χ3n) is 1.22. The fourth-order valence-electron chi connectivity index (χ4n) is 0.516. The van der Waals surface area contributed by atoms with Crippen molar-refractivity contribution in [2.45, 2.75) is 18.7 Å². The third-order valence-corrected chi connectivity index (χ3v) is 2.70. The van der Waals surface area contributed by atoms with E-state index in [1.165, 1.54) is 7.11 Å². The summed E-state index contributed by atoms with van der Waals surface area (Å²) in [7, 11) is 1.19. The van der Waals surface area contributed by atoms with Gasteiger partial charge in [-0.25, -0.2) is 4.79 Å². The first kappa shape index (κ1) is 10.6. The quantitative estimate of drug-likeness (QED) is 0.409. The van der Waals surface area contributed by atoms with Crippen molar-refractivity contribution < 1.29 is 14.3 Å². The molecule has 0 aromatic rings.